The zero-order valence-electron chi connectivity index (χ0n) is 11.1. The van der Waals surface area contributed by atoms with Gasteiger partial charge in [0.25, 0.3) is 0 Å². The molecule has 0 heterocycles. The number of hydrogen-bond acceptors (Lipinski definition) is 4. The van der Waals surface area contributed by atoms with Crippen LogP contribution in [0.1, 0.15) is 25.3 Å². The molecule has 1 rings (SSSR count). The maximum atomic E-state index is 11.5. The zero-order valence-corrected chi connectivity index (χ0v) is 13.2. The number of benzene rings is 1. The lowest BCUT2D eigenvalue weighted by Crippen LogP contribution is -2.12. The summed E-state index contributed by atoms with van der Waals surface area (Å²) in [6, 6.07) is 3.61. The van der Waals surface area contributed by atoms with Crippen molar-refractivity contribution in [3.8, 4) is 11.5 Å². The highest BCUT2D eigenvalue weighted by Gasteiger charge is 2.15. The second kappa shape index (κ2) is 8.04. The number of carbonyl (C=O) groups is 1. The summed E-state index contributed by atoms with van der Waals surface area (Å²) in [4.78, 5) is 11.5. The Balaban J connectivity index is 2.82. The van der Waals surface area contributed by atoms with Gasteiger partial charge in [-0.15, -0.1) is 0 Å². The van der Waals surface area contributed by atoms with E-state index in [1.807, 2.05) is 13.0 Å². The molecule has 0 atom stereocenters. The standard InChI is InChI=1S/C14H17IO4/c1-4-6-7-18-14(16)19-13-11(15)8-10(5-2)9-12(13)17-3/h5,8-9H,2,4,6-7H2,1,3H3. The smallest absolute Gasteiger partial charge is 0.493 e. The lowest BCUT2D eigenvalue weighted by Gasteiger charge is -2.12. The average molecular weight is 376 g/mol. The molecule has 0 aliphatic heterocycles. The van der Waals surface area contributed by atoms with E-state index >= 15 is 0 Å². The van der Waals surface area contributed by atoms with Gasteiger partial charge in [0.05, 0.1) is 17.3 Å². The second-order valence-electron chi connectivity index (χ2n) is 3.79. The molecular weight excluding hydrogens is 359 g/mol. The van der Waals surface area contributed by atoms with Gasteiger partial charge in [0.1, 0.15) is 0 Å². The summed E-state index contributed by atoms with van der Waals surface area (Å²) < 4.78 is 16.1. The van der Waals surface area contributed by atoms with Crippen molar-refractivity contribution >= 4 is 34.8 Å². The van der Waals surface area contributed by atoms with Crippen molar-refractivity contribution in [2.24, 2.45) is 0 Å². The SMILES string of the molecule is C=Cc1cc(I)c(OC(=O)OCCCC)c(OC)c1. The Labute approximate surface area is 126 Å². The molecule has 1 aromatic carbocycles. The first kappa shape index (κ1) is 15.8. The predicted octanol–water partition coefficient (Wildman–Crippen LogP) is 4.26. The third-order valence-electron chi connectivity index (χ3n) is 2.39. The van der Waals surface area contributed by atoms with Gasteiger partial charge in [-0.05, 0) is 46.7 Å². The van der Waals surface area contributed by atoms with Crippen molar-refractivity contribution in [1.82, 2.24) is 0 Å². The third-order valence-corrected chi connectivity index (χ3v) is 3.19. The van der Waals surface area contributed by atoms with Crippen LogP contribution in [0.3, 0.4) is 0 Å². The molecule has 0 fully saturated rings. The van der Waals surface area contributed by atoms with Gasteiger partial charge in [0.15, 0.2) is 11.5 Å². The number of rotatable bonds is 6. The number of halogens is 1. The molecule has 19 heavy (non-hydrogen) atoms. The van der Waals surface area contributed by atoms with Gasteiger partial charge in [-0.3, -0.25) is 0 Å². The maximum absolute atomic E-state index is 11.5. The van der Waals surface area contributed by atoms with E-state index in [2.05, 4.69) is 29.2 Å². The maximum Gasteiger partial charge on any atom is 0.514 e. The van der Waals surface area contributed by atoms with Crippen molar-refractivity contribution < 1.29 is 19.0 Å². The number of unbranched alkanes of at least 4 members (excludes halogenated alkanes) is 1. The number of carbonyl (C=O) groups excluding carboxylic acids is 1. The van der Waals surface area contributed by atoms with Gasteiger partial charge in [-0.1, -0.05) is 26.0 Å². The molecule has 0 aliphatic rings. The number of methoxy groups -OCH3 is 1. The second-order valence-corrected chi connectivity index (χ2v) is 4.95. The van der Waals surface area contributed by atoms with E-state index in [-0.39, 0.29) is 0 Å². The van der Waals surface area contributed by atoms with Gasteiger partial charge in [-0.2, -0.15) is 0 Å². The fourth-order valence-corrected chi connectivity index (χ4v) is 2.10. The van der Waals surface area contributed by atoms with Crippen molar-refractivity contribution in [3.63, 3.8) is 0 Å². The van der Waals surface area contributed by atoms with E-state index in [0.717, 1.165) is 22.0 Å². The molecule has 0 aromatic heterocycles. The Morgan fingerprint density at radius 2 is 2.21 bits per heavy atom. The molecule has 1 aromatic rings. The summed E-state index contributed by atoms with van der Waals surface area (Å²) in [5.41, 5.74) is 0.896. The summed E-state index contributed by atoms with van der Waals surface area (Å²) in [5, 5.41) is 0. The minimum absolute atomic E-state index is 0.360. The summed E-state index contributed by atoms with van der Waals surface area (Å²) in [7, 11) is 1.52. The van der Waals surface area contributed by atoms with Gasteiger partial charge in [0, 0.05) is 0 Å². The van der Waals surface area contributed by atoms with E-state index in [0.29, 0.717) is 18.1 Å². The fraction of sp³-hybridized carbons (Fsp3) is 0.357. The molecule has 0 saturated carbocycles. The van der Waals surface area contributed by atoms with Gasteiger partial charge in [-0.25, -0.2) is 4.79 Å². The van der Waals surface area contributed by atoms with E-state index < -0.39 is 6.16 Å². The summed E-state index contributed by atoms with van der Waals surface area (Å²) in [5.74, 6) is 0.851. The van der Waals surface area contributed by atoms with E-state index in [1.54, 1.807) is 12.1 Å². The lowest BCUT2D eigenvalue weighted by atomic mass is 10.2. The monoisotopic (exact) mass is 376 g/mol. The zero-order chi connectivity index (χ0) is 14.3. The Hall–Kier alpha value is -1.24. The first-order valence-corrected chi connectivity index (χ1v) is 7.04. The highest BCUT2D eigenvalue weighted by atomic mass is 127. The highest BCUT2D eigenvalue weighted by Crippen LogP contribution is 2.34. The molecular formula is C14H17IO4. The number of hydrogen-bond donors (Lipinski definition) is 0. The minimum atomic E-state index is -0.712. The molecule has 0 bridgehead atoms. The van der Waals surface area contributed by atoms with Crippen molar-refractivity contribution in [2.45, 2.75) is 19.8 Å². The van der Waals surface area contributed by atoms with Crippen LogP contribution in [-0.2, 0) is 4.74 Å². The molecule has 104 valence electrons. The Bertz CT molecular complexity index is 457. The molecule has 0 radical (unpaired) electrons. The average Bonchev–Trinajstić information content (AvgIpc) is 2.41. The molecule has 0 spiro atoms. The molecule has 0 saturated heterocycles. The topological polar surface area (TPSA) is 44.8 Å². The summed E-state index contributed by atoms with van der Waals surface area (Å²) >= 11 is 2.08. The van der Waals surface area contributed by atoms with Crippen molar-refractivity contribution in [3.05, 3.63) is 27.8 Å². The lowest BCUT2D eigenvalue weighted by molar-refractivity contribution is 0.0964. The first-order valence-electron chi connectivity index (χ1n) is 5.97. The Kier molecular flexibility index (Phi) is 6.69. The molecule has 5 heteroatoms. The normalized spacial score (nSPS) is 9.84. The molecule has 0 unspecified atom stereocenters. The molecule has 0 amide bonds. The first-order chi connectivity index (χ1) is 9.12. The summed E-state index contributed by atoms with van der Waals surface area (Å²) in [6.45, 7) is 6.08. The van der Waals surface area contributed by atoms with E-state index in [4.69, 9.17) is 14.2 Å². The molecule has 4 nitrogen and oxygen atoms in total. The minimum Gasteiger partial charge on any atom is -0.493 e. The Morgan fingerprint density at radius 1 is 1.47 bits per heavy atom. The van der Waals surface area contributed by atoms with Crippen LogP contribution in [0.4, 0.5) is 4.79 Å². The number of ether oxygens (including phenoxy) is 3. The van der Waals surface area contributed by atoms with Gasteiger partial charge < -0.3 is 14.2 Å². The van der Waals surface area contributed by atoms with Gasteiger partial charge >= 0.3 is 6.16 Å². The quantitative estimate of drug-likeness (QED) is 0.322. The largest absolute Gasteiger partial charge is 0.514 e. The van der Waals surface area contributed by atoms with Crippen LogP contribution >= 0.6 is 22.6 Å². The van der Waals surface area contributed by atoms with Crippen LogP contribution in [0, 0.1) is 3.57 Å². The van der Waals surface area contributed by atoms with Crippen LogP contribution in [-0.4, -0.2) is 19.9 Å². The van der Waals surface area contributed by atoms with Crippen molar-refractivity contribution in [1.29, 1.82) is 0 Å². The van der Waals surface area contributed by atoms with Gasteiger partial charge in [0.2, 0.25) is 0 Å². The predicted molar refractivity (Wildman–Crippen MR) is 82.7 cm³/mol. The van der Waals surface area contributed by atoms with Crippen molar-refractivity contribution in [2.75, 3.05) is 13.7 Å². The highest BCUT2D eigenvalue weighted by molar-refractivity contribution is 14.1. The van der Waals surface area contributed by atoms with Crippen LogP contribution in [0.5, 0.6) is 11.5 Å². The van der Waals surface area contributed by atoms with E-state index in [9.17, 15) is 4.79 Å². The van der Waals surface area contributed by atoms with Crippen LogP contribution in [0.15, 0.2) is 18.7 Å². The Morgan fingerprint density at radius 3 is 2.79 bits per heavy atom. The molecule has 0 N–H and O–H groups in total. The van der Waals surface area contributed by atoms with Crippen LogP contribution in [0.25, 0.3) is 6.08 Å². The molecule has 0 aliphatic carbocycles. The summed E-state index contributed by atoms with van der Waals surface area (Å²) in [6.07, 6.45) is 2.77. The fourth-order valence-electron chi connectivity index (χ4n) is 1.37. The van der Waals surface area contributed by atoms with Crippen LogP contribution < -0.4 is 9.47 Å². The third kappa shape index (κ3) is 4.74. The van der Waals surface area contributed by atoms with Crippen LogP contribution in [0.2, 0.25) is 0 Å². The van der Waals surface area contributed by atoms with E-state index in [1.165, 1.54) is 7.11 Å².